The average Bonchev–Trinajstić information content (AvgIpc) is 3.06. The van der Waals surface area contributed by atoms with E-state index in [1.54, 1.807) is 0 Å². The smallest absolute Gasteiger partial charge is 0.305 e. The maximum Gasteiger partial charge on any atom is 0.305 e. The first-order chi connectivity index (χ1) is 16.3. The number of ether oxygens (including phenoxy) is 1. The van der Waals surface area contributed by atoms with Gasteiger partial charge in [0, 0.05) is 11.8 Å². The zero-order chi connectivity index (χ0) is 25.8. The van der Waals surface area contributed by atoms with Crippen LogP contribution < -0.4 is 0 Å². The number of hydrogen-bond acceptors (Lipinski definition) is 2. The van der Waals surface area contributed by atoms with Crippen molar-refractivity contribution in [1.29, 1.82) is 0 Å². The lowest BCUT2D eigenvalue weighted by atomic mass is 9.43. The maximum absolute atomic E-state index is 12.2. The predicted molar refractivity (Wildman–Crippen MR) is 147 cm³/mol. The summed E-state index contributed by atoms with van der Waals surface area (Å²) in [4.78, 5) is 12.2. The number of allylic oxidation sites excluding steroid dienone is 4. The minimum Gasteiger partial charge on any atom is -0.462 e. The van der Waals surface area contributed by atoms with Crippen LogP contribution in [0.2, 0.25) is 0 Å². The molecule has 0 bridgehead atoms. The van der Waals surface area contributed by atoms with Gasteiger partial charge in [-0.15, -0.1) is 0 Å². The molecule has 2 saturated carbocycles. The Kier molecular flexibility index (Phi) is 7.22. The Morgan fingerprint density at radius 2 is 1.71 bits per heavy atom. The molecule has 0 aromatic carbocycles. The Hall–Kier alpha value is -1.05. The first-order valence-corrected chi connectivity index (χ1v) is 14.9. The van der Waals surface area contributed by atoms with E-state index in [9.17, 15) is 4.79 Å². The highest BCUT2D eigenvalue weighted by molar-refractivity contribution is 5.69. The Labute approximate surface area is 216 Å². The first kappa shape index (κ1) is 27.0. The van der Waals surface area contributed by atoms with E-state index >= 15 is 0 Å². The Balaban J connectivity index is 1.61. The Morgan fingerprint density at radius 3 is 2.37 bits per heavy atom. The van der Waals surface area contributed by atoms with E-state index in [1.165, 1.54) is 63.4 Å². The third kappa shape index (κ3) is 4.17. The molecule has 0 heterocycles. The lowest BCUT2D eigenvalue weighted by molar-refractivity contribution is -0.169. The summed E-state index contributed by atoms with van der Waals surface area (Å²) in [7, 11) is 0. The summed E-state index contributed by atoms with van der Waals surface area (Å²) in [5, 5.41) is 0. The van der Waals surface area contributed by atoms with Crippen LogP contribution in [-0.2, 0) is 9.53 Å². The fourth-order valence-corrected chi connectivity index (χ4v) is 9.90. The van der Waals surface area contributed by atoms with Gasteiger partial charge in [0.25, 0.3) is 0 Å². The number of esters is 1. The Bertz CT molecular complexity index is 889. The number of rotatable bonds is 6. The molecule has 4 aliphatic carbocycles. The summed E-state index contributed by atoms with van der Waals surface area (Å²) < 4.78 is 6.02. The van der Waals surface area contributed by atoms with Crippen LogP contribution in [0.4, 0.5) is 0 Å². The van der Waals surface area contributed by atoms with E-state index in [1.807, 2.05) is 18.1 Å². The molecule has 2 unspecified atom stereocenters. The monoisotopic (exact) mass is 482 g/mol. The number of hydrogen-bond donors (Lipinski definition) is 0. The van der Waals surface area contributed by atoms with Crippen molar-refractivity contribution >= 4 is 5.97 Å². The van der Waals surface area contributed by atoms with Gasteiger partial charge in [-0.3, -0.25) is 4.79 Å². The van der Waals surface area contributed by atoms with Gasteiger partial charge in [0.1, 0.15) is 6.10 Å². The lowest BCUT2D eigenvalue weighted by Gasteiger charge is -2.62. The average molecular weight is 483 g/mol. The summed E-state index contributed by atoms with van der Waals surface area (Å²) in [5.74, 6) is 2.22. The molecule has 2 heteroatoms. The topological polar surface area (TPSA) is 26.3 Å². The fourth-order valence-electron chi connectivity index (χ4n) is 9.90. The Morgan fingerprint density at radius 1 is 1.00 bits per heavy atom. The zero-order valence-electron chi connectivity index (χ0n) is 24.5. The number of carbonyl (C=O) groups excluding carboxylic acids is 1. The molecule has 2 fully saturated rings. The highest BCUT2D eigenvalue weighted by Crippen LogP contribution is 2.72. The van der Waals surface area contributed by atoms with Crippen LogP contribution in [0, 0.1) is 39.4 Å². The normalized spacial score (nSPS) is 40.9. The second-order valence-corrected chi connectivity index (χ2v) is 14.4. The molecular weight excluding hydrogens is 428 g/mol. The predicted octanol–water partition coefficient (Wildman–Crippen LogP) is 9.44. The van der Waals surface area contributed by atoms with Crippen LogP contribution in [0.3, 0.4) is 0 Å². The van der Waals surface area contributed by atoms with Crippen molar-refractivity contribution in [3.05, 3.63) is 22.8 Å². The molecule has 0 radical (unpaired) electrons. The minimum absolute atomic E-state index is 0.0287. The van der Waals surface area contributed by atoms with Crippen LogP contribution in [0.1, 0.15) is 133 Å². The van der Waals surface area contributed by atoms with Crippen molar-refractivity contribution in [1.82, 2.24) is 0 Å². The molecule has 0 aromatic heterocycles. The molecule has 35 heavy (non-hydrogen) atoms. The summed E-state index contributed by atoms with van der Waals surface area (Å²) in [6.45, 7) is 21.6. The lowest BCUT2D eigenvalue weighted by Crippen LogP contribution is -2.55. The van der Waals surface area contributed by atoms with Gasteiger partial charge in [-0.1, -0.05) is 71.3 Å². The summed E-state index contributed by atoms with van der Waals surface area (Å²) in [6, 6.07) is 0. The van der Waals surface area contributed by atoms with Crippen molar-refractivity contribution in [2.45, 2.75) is 139 Å². The van der Waals surface area contributed by atoms with Crippen molar-refractivity contribution in [2.24, 2.45) is 39.4 Å². The van der Waals surface area contributed by atoms with Crippen LogP contribution >= 0.6 is 0 Å². The van der Waals surface area contributed by atoms with Gasteiger partial charge in [0.05, 0.1) is 0 Å². The third-order valence-corrected chi connectivity index (χ3v) is 12.2. The molecule has 7 atom stereocenters. The van der Waals surface area contributed by atoms with Crippen molar-refractivity contribution in [3.8, 4) is 0 Å². The van der Waals surface area contributed by atoms with E-state index in [2.05, 4.69) is 61.5 Å². The number of fused-ring (bicyclic) bond motifs is 4. The van der Waals surface area contributed by atoms with E-state index in [-0.39, 0.29) is 22.9 Å². The van der Waals surface area contributed by atoms with Crippen LogP contribution in [-0.4, -0.2) is 12.1 Å². The summed E-state index contributed by atoms with van der Waals surface area (Å²) in [5.41, 5.74) is 6.25. The minimum atomic E-state index is -0.0287. The maximum atomic E-state index is 12.2. The van der Waals surface area contributed by atoms with E-state index < -0.39 is 0 Å². The van der Waals surface area contributed by atoms with Crippen LogP contribution in [0.15, 0.2) is 22.8 Å². The molecule has 0 N–H and O–H groups in total. The van der Waals surface area contributed by atoms with Crippen molar-refractivity contribution in [3.63, 3.8) is 0 Å². The summed E-state index contributed by atoms with van der Waals surface area (Å²) in [6.07, 6.45) is 15.7. The highest BCUT2D eigenvalue weighted by atomic mass is 16.5. The second-order valence-electron chi connectivity index (χ2n) is 14.4. The van der Waals surface area contributed by atoms with Crippen molar-refractivity contribution < 1.29 is 9.53 Å². The third-order valence-electron chi connectivity index (χ3n) is 12.2. The molecule has 0 amide bonds. The SMILES string of the molecule is CCC(=O)OC1CC[C@]2(C)C3=C(CCC2C1(C)C)[C@]1(C)CC[C@H]([C@H](C)CCC=C(C)C)[C@]1(C)CC3. The van der Waals surface area contributed by atoms with Gasteiger partial charge in [-0.25, -0.2) is 0 Å². The van der Waals surface area contributed by atoms with Gasteiger partial charge < -0.3 is 4.74 Å². The van der Waals surface area contributed by atoms with Gasteiger partial charge in [-0.2, -0.15) is 0 Å². The number of carbonyl (C=O) groups is 1. The molecule has 0 aromatic rings. The molecular formula is C33H54O2. The van der Waals surface area contributed by atoms with Gasteiger partial charge in [0.2, 0.25) is 0 Å². The summed E-state index contributed by atoms with van der Waals surface area (Å²) >= 11 is 0. The molecule has 2 nitrogen and oxygen atoms in total. The largest absolute Gasteiger partial charge is 0.462 e. The molecule has 0 aliphatic heterocycles. The molecule has 4 rings (SSSR count). The van der Waals surface area contributed by atoms with E-state index in [4.69, 9.17) is 4.74 Å². The van der Waals surface area contributed by atoms with Crippen LogP contribution in [0.25, 0.3) is 0 Å². The second kappa shape index (κ2) is 9.36. The van der Waals surface area contributed by atoms with Crippen molar-refractivity contribution in [2.75, 3.05) is 0 Å². The zero-order valence-corrected chi connectivity index (χ0v) is 24.5. The molecule has 4 aliphatic rings. The van der Waals surface area contributed by atoms with Gasteiger partial charge >= 0.3 is 5.97 Å². The highest BCUT2D eigenvalue weighted by Gasteiger charge is 2.63. The first-order valence-electron chi connectivity index (χ1n) is 14.9. The van der Waals surface area contributed by atoms with Crippen LogP contribution in [0.5, 0.6) is 0 Å². The fraction of sp³-hybridized carbons (Fsp3) is 0.848. The quantitative estimate of drug-likeness (QED) is 0.278. The van der Waals surface area contributed by atoms with Gasteiger partial charge in [-0.05, 0) is 112 Å². The standard InChI is InChI=1S/C33H54O2/c1-10-29(34)35-28-18-19-31(7)25-17-21-32(8)24(23(4)13-11-12-22(2)3)16-20-33(32,9)26(25)14-15-27(31)30(28,5)6/h12,23-24,27-28H,10-11,13-21H2,1-9H3/t23-,24-,27?,28?,31-,32+,33+/m1/s1. The van der Waals surface area contributed by atoms with Gasteiger partial charge in [0.15, 0.2) is 0 Å². The molecule has 0 spiro atoms. The molecule has 198 valence electrons. The van der Waals surface area contributed by atoms with E-state index in [0.717, 1.165) is 18.3 Å². The molecule has 0 saturated heterocycles. The van der Waals surface area contributed by atoms with E-state index in [0.29, 0.717) is 23.2 Å².